The van der Waals surface area contributed by atoms with E-state index < -0.39 is 0 Å². The van der Waals surface area contributed by atoms with Gasteiger partial charge in [0, 0.05) is 11.8 Å². The highest BCUT2D eigenvalue weighted by Crippen LogP contribution is 2.27. The molecule has 0 aliphatic carbocycles. The third-order valence-corrected chi connectivity index (χ3v) is 2.92. The lowest BCUT2D eigenvalue weighted by Crippen LogP contribution is -2.00. The topological polar surface area (TPSA) is 54.5 Å². The average molecular weight is 238 g/mol. The molecule has 0 unspecified atom stereocenters. The number of benzene rings is 1. The van der Waals surface area contributed by atoms with Crippen LogP contribution in [-0.4, -0.2) is 20.2 Å². The van der Waals surface area contributed by atoms with Gasteiger partial charge in [-0.15, -0.1) is 0 Å². The van der Waals surface area contributed by atoms with Gasteiger partial charge >= 0.3 is 0 Å². The maximum absolute atomic E-state index is 4.73. The predicted octanol–water partition coefficient (Wildman–Crippen LogP) is 3.14. The molecule has 0 aliphatic heterocycles. The standard InChI is InChI=1S/C14H14N4/c1-9(2)13-14(10-7-15-16-8-10)18-12-6-4-3-5-11(12)17-13/h3-9H,1-2H3,(H,15,16). The van der Waals surface area contributed by atoms with Gasteiger partial charge in [0.1, 0.15) is 0 Å². The highest BCUT2D eigenvalue weighted by molar-refractivity contribution is 5.78. The van der Waals surface area contributed by atoms with Crippen molar-refractivity contribution in [1.29, 1.82) is 0 Å². The summed E-state index contributed by atoms with van der Waals surface area (Å²) in [7, 11) is 0. The molecule has 3 aromatic rings. The zero-order valence-electron chi connectivity index (χ0n) is 10.4. The fourth-order valence-electron chi connectivity index (χ4n) is 2.01. The van der Waals surface area contributed by atoms with Gasteiger partial charge in [0.25, 0.3) is 0 Å². The molecule has 3 rings (SSSR count). The number of H-pyrrole nitrogens is 1. The lowest BCUT2D eigenvalue weighted by atomic mass is 10.0. The van der Waals surface area contributed by atoms with Gasteiger partial charge in [-0.25, -0.2) is 9.97 Å². The Morgan fingerprint density at radius 3 is 2.39 bits per heavy atom. The van der Waals surface area contributed by atoms with Gasteiger partial charge in [-0.3, -0.25) is 5.10 Å². The summed E-state index contributed by atoms with van der Waals surface area (Å²) >= 11 is 0. The van der Waals surface area contributed by atoms with E-state index in [1.54, 1.807) is 6.20 Å². The van der Waals surface area contributed by atoms with E-state index in [1.807, 2.05) is 30.5 Å². The van der Waals surface area contributed by atoms with Crippen molar-refractivity contribution in [2.24, 2.45) is 0 Å². The number of nitrogens with one attached hydrogen (secondary N) is 1. The molecule has 1 aromatic carbocycles. The first-order valence-corrected chi connectivity index (χ1v) is 6.01. The van der Waals surface area contributed by atoms with Gasteiger partial charge in [0.15, 0.2) is 0 Å². The van der Waals surface area contributed by atoms with Crippen molar-refractivity contribution in [3.63, 3.8) is 0 Å². The Bertz CT molecular complexity index is 671. The quantitative estimate of drug-likeness (QED) is 0.746. The van der Waals surface area contributed by atoms with Crippen LogP contribution in [0.3, 0.4) is 0 Å². The maximum Gasteiger partial charge on any atom is 0.0959 e. The smallest absolute Gasteiger partial charge is 0.0959 e. The summed E-state index contributed by atoms with van der Waals surface area (Å²) in [4.78, 5) is 9.44. The number of hydrogen-bond acceptors (Lipinski definition) is 3. The largest absolute Gasteiger partial charge is 0.285 e. The van der Waals surface area contributed by atoms with Crippen LogP contribution in [0.1, 0.15) is 25.5 Å². The normalized spacial score (nSPS) is 11.3. The van der Waals surface area contributed by atoms with Crippen molar-refractivity contribution in [3.05, 3.63) is 42.4 Å². The number of nitrogens with zero attached hydrogens (tertiary/aromatic N) is 3. The summed E-state index contributed by atoms with van der Waals surface area (Å²) in [6, 6.07) is 7.94. The molecule has 0 spiro atoms. The third kappa shape index (κ3) is 1.76. The monoisotopic (exact) mass is 238 g/mol. The van der Waals surface area contributed by atoms with Crippen LogP contribution in [0, 0.1) is 0 Å². The van der Waals surface area contributed by atoms with E-state index in [1.165, 1.54) is 0 Å². The molecule has 0 saturated heterocycles. The second-order valence-corrected chi connectivity index (χ2v) is 4.59. The summed E-state index contributed by atoms with van der Waals surface area (Å²) < 4.78 is 0. The average Bonchev–Trinajstić information content (AvgIpc) is 2.91. The van der Waals surface area contributed by atoms with Gasteiger partial charge in [-0.2, -0.15) is 5.10 Å². The Morgan fingerprint density at radius 2 is 1.78 bits per heavy atom. The molecular weight excluding hydrogens is 224 g/mol. The number of aromatic nitrogens is 4. The van der Waals surface area contributed by atoms with Gasteiger partial charge in [-0.05, 0) is 18.1 Å². The van der Waals surface area contributed by atoms with E-state index >= 15 is 0 Å². The summed E-state index contributed by atoms with van der Waals surface area (Å²) in [6.07, 6.45) is 3.63. The van der Waals surface area contributed by atoms with E-state index in [-0.39, 0.29) is 0 Å². The zero-order chi connectivity index (χ0) is 12.5. The predicted molar refractivity (Wildman–Crippen MR) is 71.2 cm³/mol. The Labute approximate surface area is 105 Å². The molecular formula is C14H14N4. The molecule has 4 nitrogen and oxygen atoms in total. The second kappa shape index (κ2) is 4.22. The van der Waals surface area contributed by atoms with Crippen LogP contribution in [0.5, 0.6) is 0 Å². The summed E-state index contributed by atoms with van der Waals surface area (Å²) in [6.45, 7) is 4.25. The van der Waals surface area contributed by atoms with Crippen LogP contribution < -0.4 is 0 Å². The molecule has 2 aromatic heterocycles. The molecule has 90 valence electrons. The van der Waals surface area contributed by atoms with Gasteiger partial charge in [0.05, 0.1) is 28.6 Å². The fraction of sp³-hybridized carbons (Fsp3) is 0.214. The SMILES string of the molecule is CC(C)c1nc2ccccc2nc1-c1cn[nH]c1. The van der Waals surface area contributed by atoms with E-state index in [0.29, 0.717) is 5.92 Å². The van der Waals surface area contributed by atoms with E-state index in [9.17, 15) is 0 Å². The van der Waals surface area contributed by atoms with Crippen LogP contribution in [0.2, 0.25) is 0 Å². The second-order valence-electron chi connectivity index (χ2n) is 4.59. The molecule has 0 bridgehead atoms. The van der Waals surface area contributed by atoms with Crippen LogP contribution in [0.25, 0.3) is 22.3 Å². The Balaban J connectivity index is 2.31. The zero-order valence-corrected chi connectivity index (χ0v) is 10.4. The van der Waals surface area contributed by atoms with Gasteiger partial charge in [0.2, 0.25) is 0 Å². The molecule has 0 saturated carbocycles. The summed E-state index contributed by atoms with van der Waals surface area (Å²) in [5, 5.41) is 6.81. The Kier molecular flexibility index (Phi) is 2.55. The summed E-state index contributed by atoms with van der Waals surface area (Å²) in [5.41, 5.74) is 4.76. The van der Waals surface area contributed by atoms with Gasteiger partial charge < -0.3 is 0 Å². The first-order chi connectivity index (χ1) is 8.75. The summed E-state index contributed by atoms with van der Waals surface area (Å²) in [5.74, 6) is 0.326. The van der Waals surface area contributed by atoms with Crippen LogP contribution >= 0.6 is 0 Å². The van der Waals surface area contributed by atoms with Gasteiger partial charge in [-0.1, -0.05) is 26.0 Å². The molecule has 0 radical (unpaired) electrons. The lowest BCUT2D eigenvalue weighted by Gasteiger charge is -2.11. The van der Waals surface area contributed by atoms with Crippen LogP contribution in [0.15, 0.2) is 36.7 Å². The van der Waals surface area contributed by atoms with E-state index in [2.05, 4.69) is 24.0 Å². The number of rotatable bonds is 2. The Morgan fingerprint density at radius 1 is 1.06 bits per heavy atom. The van der Waals surface area contributed by atoms with E-state index in [0.717, 1.165) is 28.0 Å². The first kappa shape index (κ1) is 10.9. The minimum Gasteiger partial charge on any atom is -0.285 e. The maximum atomic E-state index is 4.73. The molecule has 0 amide bonds. The third-order valence-electron chi connectivity index (χ3n) is 2.92. The number of hydrogen-bond donors (Lipinski definition) is 1. The fourth-order valence-corrected chi connectivity index (χ4v) is 2.01. The minimum atomic E-state index is 0.326. The lowest BCUT2D eigenvalue weighted by molar-refractivity contribution is 0.825. The number of fused-ring (bicyclic) bond motifs is 1. The highest BCUT2D eigenvalue weighted by atomic mass is 15.1. The highest BCUT2D eigenvalue weighted by Gasteiger charge is 2.14. The molecule has 0 atom stereocenters. The van der Waals surface area contributed by atoms with Crippen molar-refractivity contribution in [2.75, 3.05) is 0 Å². The molecule has 18 heavy (non-hydrogen) atoms. The molecule has 2 heterocycles. The van der Waals surface area contributed by atoms with Crippen molar-refractivity contribution >= 4 is 11.0 Å². The molecule has 0 aliphatic rings. The van der Waals surface area contributed by atoms with Crippen molar-refractivity contribution in [3.8, 4) is 11.3 Å². The van der Waals surface area contributed by atoms with Crippen molar-refractivity contribution < 1.29 is 0 Å². The van der Waals surface area contributed by atoms with Crippen molar-refractivity contribution in [1.82, 2.24) is 20.2 Å². The molecule has 4 heteroatoms. The minimum absolute atomic E-state index is 0.326. The van der Waals surface area contributed by atoms with E-state index in [4.69, 9.17) is 9.97 Å². The van der Waals surface area contributed by atoms with Crippen LogP contribution in [-0.2, 0) is 0 Å². The molecule has 0 fully saturated rings. The van der Waals surface area contributed by atoms with Crippen LogP contribution in [0.4, 0.5) is 0 Å². The Hall–Kier alpha value is -2.23. The first-order valence-electron chi connectivity index (χ1n) is 6.01. The van der Waals surface area contributed by atoms with Crippen molar-refractivity contribution in [2.45, 2.75) is 19.8 Å². The number of aromatic amines is 1. The molecule has 1 N–H and O–H groups in total. The number of para-hydroxylation sites is 2.